The van der Waals surface area contributed by atoms with Crippen LogP contribution in [0.1, 0.15) is 16.5 Å². The lowest BCUT2D eigenvalue weighted by Gasteiger charge is -2.14. The topological polar surface area (TPSA) is 9.23 Å². The molecule has 0 N–H and O–H groups in total. The van der Waals surface area contributed by atoms with Crippen LogP contribution in [0.25, 0.3) is 0 Å². The molecule has 0 saturated carbocycles. The van der Waals surface area contributed by atoms with E-state index in [0.29, 0.717) is 0 Å². The van der Waals surface area contributed by atoms with Gasteiger partial charge in [0.15, 0.2) is 0 Å². The summed E-state index contributed by atoms with van der Waals surface area (Å²) in [6.45, 7) is 0. The molecule has 1 nitrogen and oxygen atoms in total. The average molecular weight is 475 g/mol. The quantitative estimate of drug-likeness (QED) is 0.469. The summed E-state index contributed by atoms with van der Waals surface area (Å²) in [5.74, 6) is 0.785. The predicted octanol–water partition coefficient (Wildman–Crippen LogP) is 6.37. The Bertz CT molecular complexity index is 570. The molecule has 1 aromatic carbocycles. The van der Waals surface area contributed by atoms with Crippen LogP contribution < -0.4 is 4.74 Å². The number of rotatable bonds is 3. The number of alkyl halides is 1. The van der Waals surface area contributed by atoms with Gasteiger partial charge in [0.05, 0.1) is 20.1 Å². The smallest absolute Gasteiger partial charge is 0.123 e. The lowest BCUT2D eigenvalue weighted by Crippen LogP contribution is -1.97. The van der Waals surface area contributed by atoms with E-state index in [0.717, 1.165) is 28.9 Å². The normalized spacial score (nSPS) is 12.5. The Kier molecular flexibility index (Phi) is 5.17. The summed E-state index contributed by atoms with van der Waals surface area (Å²) in [6.07, 6.45) is 0. The molecule has 0 aliphatic heterocycles. The third-order valence-electron chi connectivity index (χ3n) is 2.42. The Morgan fingerprint density at radius 2 is 1.89 bits per heavy atom. The molecule has 1 aromatic heterocycles. The highest BCUT2D eigenvalue weighted by Crippen LogP contribution is 2.43. The van der Waals surface area contributed by atoms with Crippen LogP contribution in [0.5, 0.6) is 5.75 Å². The Labute approximate surface area is 140 Å². The summed E-state index contributed by atoms with van der Waals surface area (Å²) >= 11 is 18.6. The van der Waals surface area contributed by atoms with Gasteiger partial charge in [-0.3, -0.25) is 0 Å². The van der Waals surface area contributed by atoms with E-state index in [1.807, 2.05) is 24.3 Å². The van der Waals surface area contributed by atoms with Crippen LogP contribution in [0.2, 0.25) is 0 Å². The zero-order chi connectivity index (χ0) is 13.3. The van der Waals surface area contributed by atoms with Gasteiger partial charge in [-0.25, -0.2) is 0 Å². The second-order valence-corrected chi connectivity index (χ2v) is 8.63. The first-order valence-electron chi connectivity index (χ1n) is 4.95. The first-order chi connectivity index (χ1) is 8.52. The van der Waals surface area contributed by atoms with E-state index in [9.17, 15) is 0 Å². The minimum absolute atomic E-state index is 0.255. The SMILES string of the molecule is COc1ccc(Br)cc1C(Cl)c1cc(Br)sc1Br. The van der Waals surface area contributed by atoms with E-state index >= 15 is 0 Å². The molecule has 1 heterocycles. The molecule has 0 aliphatic carbocycles. The molecule has 0 radical (unpaired) electrons. The number of halogens is 4. The number of benzene rings is 1. The fourth-order valence-corrected chi connectivity index (χ4v) is 5.42. The number of hydrogen-bond donors (Lipinski definition) is 0. The molecule has 0 spiro atoms. The van der Waals surface area contributed by atoms with Crippen LogP contribution in [0.3, 0.4) is 0 Å². The minimum atomic E-state index is -0.255. The monoisotopic (exact) mass is 472 g/mol. The van der Waals surface area contributed by atoms with Gasteiger partial charge in [0.1, 0.15) is 5.75 Å². The van der Waals surface area contributed by atoms with Gasteiger partial charge in [0.2, 0.25) is 0 Å². The number of thiophene rings is 1. The Morgan fingerprint density at radius 3 is 2.44 bits per heavy atom. The van der Waals surface area contributed by atoms with E-state index in [1.165, 1.54) is 0 Å². The van der Waals surface area contributed by atoms with Gasteiger partial charge < -0.3 is 4.74 Å². The molecule has 1 atom stereocenters. The van der Waals surface area contributed by atoms with Crippen molar-refractivity contribution in [1.29, 1.82) is 0 Å². The molecule has 0 fully saturated rings. The second-order valence-electron chi connectivity index (χ2n) is 3.53. The third-order valence-corrected chi connectivity index (χ3v) is 5.77. The van der Waals surface area contributed by atoms with Crippen LogP contribution in [0.15, 0.2) is 36.3 Å². The maximum absolute atomic E-state index is 6.56. The van der Waals surface area contributed by atoms with Gasteiger partial charge >= 0.3 is 0 Å². The van der Waals surface area contributed by atoms with Gasteiger partial charge in [-0.05, 0) is 56.1 Å². The molecule has 0 aliphatic rings. The Hall–Kier alpha value is 0.450. The molecular formula is C12H8Br3ClOS. The van der Waals surface area contributed by atoms with Gasteiger partial charge in [0.25, 0.3) is 0 Å². The summed E-state index contributed by atoms with van der Waals surface area (Å²) < 4.78 is 8.41. The van der Waals surface area contributed by atoms with Crippen molar-refractivity contribution in [2.45, 2.75) is 5.38 Å². The summed E-state index contributed by atoms with van der Waals surface area (Å²) in [5.41, 5.74) is 1.98. The van der Waals surface area contributed by atoms with Crippen molar-refractivity contribution < 1.29 is 4.74 Å². The molecule has 6 heteroatoms. The fourth-order valence-electron chi connectivity index (χ4n) is 1.60. The van der Waals surface area contributed by atoms with E-state index in [2.05, 4.69) is 47.8 Å². The molecule has 96 valence electrons. The minimum Gasteiger partial charge on any atom is -0.496 e. The van der Waals surface area contributed by atoms with Crippen molar-refractivity contribution in [3.63, 3.8) is 0 Å². The van der Waals surface area contributed by atoms with Crippen molar-refractivity contribution in [3.8, 4) is 5.75 Å². The van der Waals surface area contributed by atoms with Crippen LogP contribution in [0.4, 0.5) is 0 Å². The van der Waals surface area contributed by atoms with E-state index in [1.54, 1.807) is 18.4 Å². The summed E-state index contributed by atoms with van der Waals surface area (Å²) in [6, 6.07) is 7.84. The van der Waals surface area contributed by atoms with Crippen molar-refractivity contribution in [2.75, 3.05) is 7.11 Å². The third kappa shape index (κ3) is 3.12. The van der Waals surface area contributed by atoms with E-state index < -0.39 is 0 Å². The largest absolute Gasteiger partial charge is 0.496 e. The summed E-state index contributed by atoms with van der Waals surface area (Å²) in [7, 11) is 1.65. The predicted molar refractivity (Wildman–Crippen MR) is 88.1 cm³/mol. The number of hydrogen-bond acceptors (Lipinski definition) is 2. The Balaban J connectivity index is 2.48. The molecule has 2 rings (SSSR count). The van der Waals surface area contributed by atoms with Gasteiger partial charge in [0, 0.05) is 15.6 Å². The molecular weight excluding hydrogens is 467 g/mol. The van der Waals surface area contributed by atoms with Gasteiger partial charge in [-0.15, -0.1) is 22.9 Å². The number of methoxy groups -OCH3 is 1. The molecule has 1 unspecified atom stereocenters. The van der Waals surface area contributed by atoms with Gasteiger partial charge in [-0.1, -0.05) is 15.9 Å². The highest BCUT2D eigenvalue weighted by Gasteiger charge is 2.20. The van der Waals surface area contributed by atoms with Crippen molar-refractivity contribution in [2.24, 2.45) is 0 Å². The van der Waals surface area contributed by atoms with Crippen LogP contribution in [-0.2, 0) is 0 Å². The van der Waals surface area contributed by atoms with Crippen LogP contribution in [-0.4, -0.2) is 7.11 Å². The summed E-state index contributed by atoms with van der Waals surface area (Å²) in [5, 5.41) is -0.255. The summed E-state index contributed by atoms with van der Waals surface area (Å²) in [4.78, 5) is 0. The van der Waals surface area contributed by atoms with Crippen molar-refractivity contribution in [3.05, 3.63) is 47.4 Å². The zero-order valence-corrected chi connectivity index (χ0v) is 15.5. The Morgan fingerprint density at radius 1 is 1.17 bits per heavy atom. The molecule has 2 aromatic rings. The first-order valence-corrected chi connectivity index (χ1v) is 8.58. The fraction of sp³-hybridized carbons (Fsp3) is 0.167. The molecule has 0 saturated heterocycles. The standard InChI is InChI=1S/C12H8Br3ClOS/c1-17-9-3-2-6(13)4-7(9)11(16)8-5-10(14)18-12(8)15/h2-5,11H,1H3. The highest BCUT2D eigenvalue weighted by molar-refractivity contribution is 9.12. The zero-order valence-electron chi connectivity index (χ0n) is 9.22. The molecule has 18 heavy (non-hydrogen) atoms. The maximum Gasteiger partial charge on any atom is 0.123 e. The first kappa shape index (κ1) is 14.9. The molecule has 0 amide bonds. The average Bonchev–Trinajstić information content (AvgIpc) is 2.67. The van der Waals surface area contributed by atoms with Crippen LogP contribution >= 0.6 is 70.7 Å². The lowest BCUT2D eigenvalue weighted by molar-refractivity contribution is 0.410. The second kappa shape index (κ2) is 6.27. The van der Waals surface area contributed by atoms with Crippen molar-refractivity contribution >= 4 is 70.7 Å². The van der Waals surface area contributed by atoms with E-state index in [-0.39, 0.29) is 5.38 Å². The van der Waals surface area contributed by atoms with Crippen LogP contribution in [0, 0.1) is 0 Å². The molecule has 0 bridgehead atoms. The highest BCUT2D eigenvalue weighted by atomic mass is 79.9. The lowest BCUT2D eigenvalue weighted by atomic mass is 10.1. The van der Waals surface area contributed by atoms with Gasteiger partial charge in [-0.2, -0.15) is 0 Å². The maximum atomic E-state index is 6.56. The van der Waals surface area contributed by atoms with E-state index in [4.69, 9.17) is 16.3 Å². The number of ether oxygens (including phenoxy) is 1. The van der Waals surface area contributed by atoms with Crippen molar-refractivity contribution in [1.82, 2.24) is 0 Å².